The summed E-state index contributed by atoms with van der Waals surface area (Å²) in [5.74, 6) is 1.18. The van der Waals surface area contributed by atoms with E-state index in [2.05, 4.69) is 33.1 Å². The van der Waals surface area contributed by atoms with Crippen LogP contribution in [-0.4, -0.2) is 18.9 Å². The zero-order valence-corrected chi connectivity index (χ0v) is 17.4. The number of carbonyl (C=O) groups excluding carboxylic acids is 1. The van der Waals surface area contributed by atoms with E-state index in [9.17, 15) is 4.79 Å². The second kappa shape index (κ2) is 9.84. The number of amides is 2. The van der Waals surface area contributed by atoms with Crippen LogP contribution < -0.4 is 20.6 Å². The van der Waals surface area contributed by atoms with Crippen LogP contribution in [0.4, 0.5) is 4.79 Å². The number of primary amides is 1. The lowest BCUT2D eigenvalue weighted by atomic mass is 10.2. The lowest BCUT2D eigenvalue weighted by molar-refractivity contribution is 0.249. The Hall–Kier alpha value is -1.71. The van der Waals surface area contributed by atoms with E-state index in [1.165, 1.54) is 6.21 Å². The Morgan fingerprint density at radius 2 is 2.04 bits per heavy atom. The summed E-state index contributed by atoms with van der Waals surface area (Å²) in [5, 5.41) is 4.72. The van der Waals surface area contributed by atoms with Crippen molar-refractivity contribution in [3.05, 3.63) is 55.1 Å². The van der Waals surface area contributed by atoms with E-state index in [-0.39, 0.29) is 0 Å². The van der Waals surface area contributed by atoms with Gasteiger partial charge in [0.25, 0.3) is 0 Å². The topological polar surface area (TPSA) is 85.9 Å². The number of hydrogen-bond donors (Lipinski definition) is 2. The molecule has 0 unspecified atom stereocenters. The van der Waals surface area contributed by atoms with Gasteiger partial charge < -0.3 is 15.2 Å². The van der Waals surface area contributed by atoms with Gasteiger partial charge in [-0.15, -0.1) is 0 Å². The predicted molar refractivity (Wildman–Crippen MR) is 111 cm³/mol. The molecule has 0 aliphatic carbocycles. The molecular weight excluding hydrogens is 492 g/mol. The van der Waals surface area contributed by atoms with Crippen molar-refractivity contribution in [2.24, 2.45) is 10.8 Å². The second-order valence-electron chi connectivity index (χ2n) is 5.03. The van der Waals surface area contributed by atoms with Gasteiger partial charge in [-0.05, 0) is 64.9 Å². The predicted octanol–water partition coefficient (Wildman–Crippen LogP) is 4.58. The molecule has 0 aliphatic heterocycles. The summed E-state index contributed by atoms with van der Waals surface area (Å²) < 4.78 is 12.4. The molecule has 0 saturated heterocycles. The zero-order valence-electron chi connectivity index (χ0n) is 13.8. The molecule has 6 nitrogen and oxygen atoms in total. The quantitative estimate of drug-likeness (QED) is 0.327. The van der Waals surface area contributed by atoms with Crippen molar-refractivity contribution >= 4 is 58.0 Å². The molecule has 0 heterocycles. The molecule has 0 fully saturated rings. The maximum Gasteiger partial charge on any atom is 0.332 e. The molecule has 0 radical (unpaired) electrons. The van der Waals surface area contributed by atoms with E-state index in [4.69, 9.17) is 38.4 Å². The standard InChI is InChI=1S/C17H16Cl2IN3O3/c1-2-25-15-7-11(8-22-23-17(21)24)6-14(20)16(15)26-9-10-3-4-12(18)13(19)5-10/h3-8H,2,9H2,1H3,(H3,21,23,24)/b22-8-. The van der Waals surface area contributed by atoms with Crippen molar-refractivity contribution in [1.82, 2.24) is 5.43 Å². The van der Waals surface area contributed by atoms with Crippen LogP contribution in [0.15, 0.2) is 35.4 Å². The molecule has 9 heteroatoms. The Morgan fingerprint density at radius 3 is 2.69 bits per heavy atom. The Balaban J connectivity index is 2.21. The van der Waals surface area contributed by atoms with Crippen LogP contribution in [0.3, 0.4) is 0 Å². The largest absolute Gasteiger partial charge is 0.490 e. The van der Waals surface area contributed by atoms with Crippen LogP contribution in [0.5, 0.6) is 11.5 Å². The molecular formula is C17H16Cl2IN3O3. The van der Waals surface area contributed by atoms with Gasteiger partial charge in [0.15, 0.2) is 11.5 Å². The molecule has 2 rings (SSSR count). The van der Waals surface area contributed by atoms with Crippen molar-refractivity contribution in [3.63, 3.8) is 0 Å². The van der Waals surface area contributed by atoms with Gasteiger partial charge in [0, 0.05) is 0 Å². The Kier molecular flexibility index (Phi) is 7.80. The first kappa shape index (κ1) is 20.6. The lowest BCUT2D eigenvalue weighted by Gasteiger charge is -2.15. The summed E-state index contributed by atoms with van der Waals surface area (Å²) in [6.07, 6.45) is 1.47. The molecule has 2 aromatic rings. The summed E-state index contributed by atoms with van der Waals surface area (Å²) in [5.41, 5.74) is 8.74. The van der Waals surface area contributed by atoms with E-state index in [0.29, 0.717) is 34.8 Å². The van der Waals surface area contributed by atoms with Crippen LogP contribution >= 0.6 is 45.8 Å². The SMILES string of the molecule is CCOc1cc(/C=N\NC(N)=O)cc(I)c1OCc1ccc(Cl)c(Cl)c1. The Morgan fingerprint density at radius 1 is 1.27 bits per heavy atom. The highest BCUT2D eigenvalue weighted by Crippen LogP contribution is 2.35. The fourth-order valence-corrected chi connectivity index (χ4v) is 3.12. The third kappa shape index (κ3) is 5.93. The normalized spacial score (nSPS) is 10.8. The molecule has 26 heavy (non-hydrogen) atoms. The highest BCUT2D eigenvalue weighted by molar-refractivity contribution is 14.1. The van der Waals surface area contributed by atoms with Gasteiger partial charge >= 0.3 is 6.03 Å². The molecule has 138 valence electrons. The van der Waals surface area contributed by atoms with E-state index in [1.54, 1.807) is 18.2 Å². The van der Waals surface area contributed by atoms with E-state index in [0.717, 1.165) is 14.7 Å². The molecule has 2 aromatic carbocycles. The minimum absolute atomic E-state index is 0.309. The van der Waals surface area contributed by atoms with Gasteiger partial charge in [-0.2, -0.15) is 5.10 Å². The third-order valence-electron chi connectivity index (χ3n) is 3.09. The molecule has 2 amide bonds. The average molecular weight is 508 g/mol. The maximum atomic E-state index is 10.7. The average Bonchev–Trinajstić information content (AvgIpc) is 2.57. The minimum atomic E-state index is -0.734. The van der Waals surface area contributed by atoms with Crippen molar-refractivity contribution in [1.29, 1.82) is 0 Å². The smallest absolute Gasteiger partial charge is 0.332 e. The van der Waals surface area contributed by atoms with Crippen molar-refractivity contribution in [2.45, 2.75) is 13.5 Å². The number of hydrogen-bond acceptors (Lipinski definition) is 4. The number of urea groups is 1. The van der Waals surface area contributed by atoms with E-state index < -0.39 is 6.03 Å². The number of benzene rings is 2. The van der Waals surface area contributed by atoms with Crippen LogP contribution in [0, 0.1) is 3.57 Å². The minimum Gasteiger partial charge on any atom is -0.490 e. The highest BCUT2D eigenvalue weighted by Gasteiger charge is 2.12. The molecule has 0 bridgehead atoms. The zero-order chi connectivity index (χ0) is 19.1. The summed E-state index contributed by atoms with van der Waals surface area (Å²) >= 11 is 14.1. The van der Waals surface area contributed by atoms with Crippen LogP contribution in [0.25, 0.3) is 0 Å². The van der Waals surface area contributed by atoms with Crippen molar-refractivity contribution in [2.75, 3.05) is 6.61 Å². The Labute approximate surface area is 174 Å². The van der Waals surface area contributed by atoms with Gasteiger partial charge in [-0.25, -0.2) is 10.2 Å². The summed E-state index contributed by atoms with van der Waals surface area (Å²) in [6.45, 7) is 2.66. The molecule has 0 aliphatic rings. The lowest BCUT2D eigenvalue weighted by Crippen LogP contribution is -2.24. The molecule has 0 atom stereocenters. The van der Waals surface area contributed by atoms with Gasteiger partial charge in [0.2, 0.25) is 0 Å². The number of ether oxygens (including phenoxy) is 2. The van der Waals surface area contributed by atoms with Crippen LogP contribution in [0.1, 0.15) is 18.1 Å². The first-order chi connectivity index (χ1) is 12.4. The number of hydrazone groups is 1. The number of nitrogens with zero attached hydrogens (tertiary/aromatic N) is 1. The van der Waals surface area contributed by atoms with Crippen LogP contribution in [-0.2, 0) is 6.61 Å². The summed E-state index contributed by atoms with van der Waals surface area (Å²) in [4.78, 5) is 10.7. The fraction of sp³-hybridized carbons (Fsp3) is 0.176. The summed E-state index contributed by atoms with van der Waals surface area (Å²) in [6, 6.07) is 8.21. The first-order valence-corrected chi connectivity index (χ1v) is 9.35. The third-order valence-corrected chi connectivity index (χ3v) is 4.63. The van der Waals surface area contributed by atoms with Gasteiger partial charge in [0.05, 0.1) is 26.4 Å². The number of carbonyl (C=O) groups is 1. The molecule has 3 N–H and O–H groups in total. The molecule has 0 saturated carbocycles. The van der Waals surface area contributed by atoms with Gasteiger partial charge in [-0.1, -0.05) is 29.3 Å². The van der Waals surface area contributed by atoms with Gasteiger partial charge in [-0.3, -0.25) is 0 Å². The van der Waals surface area contributed by atoms with Gasteiger partial charge in [0.1, 0.15) is 6.61 Å². The summed E-state index contributed by atoms with van der Waals surface area (Å²) in [7, 11) is 0. The number of halogens is 3. The molecule has 0 spiro atoms. The first-order valence-electron chi connectivity index (χ1n) is 7.52. The number of nitrogens with two attached hydrogens (primary N) is 1. The number of rotatable bonds is 7. The highest BCUT2D eigenvalue weighted by atomic mass is 127. The molecule has 0 aromatic heterocycles. The Bertz CT molecular complexity index is 831. The maximum absolute atomic E-state index is 10.7. The monoisotopic (exact) mass is 507 g/mol. The van der Waals surface area contributed by atoms with Crippen molar-refractivity contribution < 1.29 is 14.3 Å². The van der Waals surface area contributed by atoms with E-state index >= 15 is 0 Å². The van der Waals surface area contributed by atoms with E-state index in [1.807, 2.05) is 19.1 Å². The number of nitrogens with one attached hydrogen (secondary N) is 1. The van der Waals surface area contributed by atoms with Crippen LogP contribution in [0.2, 0.25) is 10.0 Å². The second-order valence-corrected chi connectivity index (χ2v) is 7.01. The fourth-order valence-electron chi connectivity index (χ4n) is 2.02. The van der Waals surface area contributed by atoms with Crippen molar-refractivity contribution in [3.8, 4) is 11.5 Å².